The molecule has 0 aromatic heterocycles. The first-order valence-electron chi connectivity index (χ1n) is 7.70. The molecule has 2 heterocycles. The highest BCUT2D eigenvalue weighted by Crippen LogP contribution is 2.22. The maximum atomic E-state index is 11.5. The van der Waals surface area contributed by atoms with Gasteiger partial charge in [0.25, 0.3) is 23.6 Å². The van der Waals surface area contributed by atoms with Gasteiger partial charge in [-0.3, -0.25) is 19.2 Å². The summed E-state index contributed by atoms with van der Waals surface area (Å²) >= 11 is 0. The van der Waals surface area contributed by atoms with Crippen LogP contribution in [-0.2, 0) is 0 Å². The lowest BCUT2D eigenvalue weighted by atomic mass is 10.1. The van der Waals surface area contributed by atoms with Crippen LogP contribution in [0.5, 0.6) is 0 Å². The van der Waals surface area contributed by atoms with E-state index in [1.807, 2.05) is 0 Å². The zero-order chi connectivity index (χ0) is 18.8. The smallest absolute Gasteiger partial charge is 0.265 e. The van der Waals surface area contributed by atoms with Crippen molar-refractivity contribution in [1.29, 1.82) is 0 Å². The number of rotatable bonds is 2. The van der Waals surface area contributed by atoms with Crippen LogP contribution in [0.25, 0.3) is 0 Å². The molecule has 0 radical (unpaired) electrons. The average molecular weight is 346 g/mol. The molecule has 2 aliphatic rings. The molecule has 4 rings (SSSR count). The molecule has 6 nitrogen and oxygen atoms in total. The van der Waals surface area contributed by atoms with E-state index in [1.54, 1.807) is 48.5 Å². The minimum Gasteiger partial charge on any atom is -0.268 e. The molecule has 0 spiro atoms. The Bertz CT molecular complexity index is 828. The standard InChI is InChI=1S/2C10H7NO2/c2*1-2-11-9(12)7-5-3-4-6-8(7)10(11)13/h2*2-6H,1H2. The first-order valence-corrected chi connectivity index (χ1v) is 7.70. The minimum atomic E-state index is -0.296. The molecule has 0 bridgehead atoms. The zero-order valence-corrected chi connectivity index (χ0v) is 13.7. The highest BCUT2D eigenvalue weighted by atomic mass is 16.2. The van der Waals surface area contributed by atoms with Crippen molar-refractivity contribution in [2.24, 2.45) is 0 Å². The van der Waals surface area contributed by atoms with E-state index in [4.69, 9.17) is 0 Å². The van der Waals surface area contributed by atoms with Gasteiger partial charge in [0.2, 0.25) is 0 Å². The molecule has 0 atom stereocenters. The van der Waals surface area contributed by atoms with E-state index in [-0.39, 0.29) is 23.6 Å². The molecule has 0 saturated carbocycles. The highest BCUT2D eigenvalue weighted by molar-refractivity contribution is 6.22. The van der Waals surface area contributed by atoms with Crippen LogP contribution in [0.3, 0.4) is 0 Å². The van der Waals surface area contributed by atoms with Crippen molar-refractivity contribution < 1.29 is 19.2 Å². The van der Waals surface area contributed by atoms with Gasteiger partial charge in [-0.1, -0.05) is 37.4 Å². The Balaban J connectivity index is 0.000000151. The van der Waals surface area contributed by atoms with E-state index in [2.05, 4.69) is 13.2 Å². The molecule has 6 heteroatoms. The van der Waals surface area contributed by atoms with Gasteiger partial charge in [-0.05, 0) is 24.3 Å². The fourth-order valence-corrected chi connectivity index (χ4v) is 2.75. The van der Waals surface area contributed by atoms with Gasteiger partial charge in [-0.2, -0.15) is 0 Å². The van der Waals surface area contributed by atoms with Crippen molar-refractivity contribution in [1.82, 2.24) is 9.80 Å². The third-order valence-corrected chi connectivity index (χ3v) is 4.02. The molecular formula is C20H14N2O4. The van der Waals surface area contributed by atoms with Gasteiger partial charge in [-0.25, -0.2) is 9.80 Å². The predicted octanol–water partition coefficient (Wildman–Crippen LogP) is 2.85. The van der Waals surface area contributed by atoms with Gasteiger partial charge in [0.05, 0.1) is 22.3 Å². The number of hydrogen-bond acceptors (Lipinski definition) is 4. The summed E-state index contributed by atoms with van der Waals surface area (Å²) in [6, 6.07) is 13.5. The van der Waals surface area contributed by atoms with Gasteiger partial charge in [0.15, 0.2) is 0 Å². The molecule has 0 saturated heterocycles. The molecule has 2 aliphatic heterocycles. The summed E-state index contributed by atoms with van der Waals surface area (Å²) in [5.74, 6) is -1.18. The number of hydrogen-bond donors (Lipinski definition) is 0. The van der Waals surface area contributed by atoms with E-state index in [1.165, 1.54) is 12.4 Å². The first kappa shape index (κ1) is 17.0. The van der Waals surface area contributed by atoms with Crippen molar-refractivity contribution in [3.63, 3.8) is 0 Å². The predicted molar refractivity (Wildman–Crippen MR) is 94.3 cm³/mol. The van der Waals surface area contributed by atoms with E-state index in [0.717, 1.165) is 9.80 Å². The third-order valence-electron chi connectivity index (χ3n) is 4.02. The van der Waals surface area contributed by atoms with Crippen LogP contribution in [-0.4, -0.2) is 33.4 Å². The summed E-state index contributed by atoms with van der Waals surface area (Å²) in [6.45, 7) is 6.82. The van der Waals surface area contributed by atoms with Crippen molar-refractivity contribution in [3.05, 3.63) is 96.3 Å². The van der Waals surface area contributed by atoms with Crippen molar-refractivity contribution in [3.8, 4) is 0 Å². The van der Waals surface area contributed by atoms with Crippen LogP contribution in [0.1, 0.15) is 41.4 Å². The Hall–Kier alpha value is -3.80. The van der Waals surface area contributed by atoms with Gasteiger partial charge in [0.1, 0.15) is 0 Å². The number of benzene rings is 2. The maximum Gasteiger partial charge on any atom is 0.265 e. The summed E-state index contributed by atoms with van der Waals surface area (Å²) < 4.78 is 0. The number of amides is 4. The van der Waals surface area contributed by atoms with Crippen LogP contribution in [0.4, 0.5) is 0 Å². The van der Waals surface area contributed by atoms with Gasteiger partial charge < -0.3 is 0 Å². The monoisotopic (exact) mass is 346 g/mol. The largest absolute Gasteiger partial charge is 0.268 e. The molecule has 4 amide bonds. The summed E-state index contributed by atoms with van der Waals surface area (Å²) in [7, 11) is 0. The fourth-order valence-electron chi connectivity index (χ4n) is 2.75. The SMILES string of the molecule is C=CN1C(=O)c2ccccc2C1=O.C=CN1C(=O)c2ccccc2C1=O. The summed E-state index contributed by atoms with van der Waals surface area (Å²) in [5.41, 5.74) is 1.81. The van der Waals surface area contributed by atoms with Crippen molar-refractivity contribution in [2.75, 3.05) is 0 Å². The first-order chi connectivity index (χ1) is 12.5. The quantitative estimate of drug-likeness (QED) is 0.784. The second-order valence-electron chi connectivity index (χ2n) is 5.42. The summed E-state index contributed by atoms with van der Waals surface area (Å²) in [6.07, 6.45) is 2.48. The molecule has 2 aromatic carbocycles. The Labute approximate surface area is 149 Å². The highest BCUT2D eigenvalue weighted by Gasteiger charge is 2.33. The molecule has 128 valence electrons. The normalized spacial score (nSPS) is 14.6. The van der Waals surface area contributed by atoms with E-state index in [9.17, 15) is 19.2 Å². The number of fused-ring (bicyclic) bond motifs is 2. The lowest BCUT2D eigenvalue weighted by molar-refractivity contribution is 0.0706. The van der Waals surface area contributed by atoms with Gasteiger partial charge in [-0.15, -0.1) is 0 Å². The van der Waals surface area contributed by atoms with E-state index >= 15 is 0 Å². The van der Waals surface area contributed by atoms with Crippen LogP contribution in [0.2, 0.25) is 0 Å². The second-order valence-corrected chi connectivity index (χ2v) is 5.42. The maximum absolute atomic E-state index is 11.5. The van der Waals surface area contributed by atoms with Crippen LogP contribution in [0.15, 0.2) is 74.1 Å². The Morgan fingerprint density at radius 1 is 0.538 bits per heavy atom. The number of carbonyl (C=O) groups is 4. The number of nitrogens with zero attached hydrogens (tertiary/aromatic N) is 2. The Morgan fingerprint density at radius 2 is 0.769 bits per heavy atom. The van der Waals surface area contributed by atoms with Crippen LogP contribution < -0.4 is 0 Å². The summed E-state index contributed by atoms with van der Waals surface area (Å²) in [4.78, 5) is 47.9. The van der Waals surface area contributed by atoms with E-state index < -0.39 is 0 Å². The van der Waals surface area contributed by atoms with E-state index in [0.29, 0.717) is 22.3 Å². The zero-order valence-electron chi connectivity index (χ0n) is 13.7. The molecule has 0 N–H and O–H groups in total. The molecular weight excluding hydrogens is 332 g/mol. The molecule has 0 fully saturated rings. The summed E-state index contributed by atoms with van der Waals surface area (Å²) in [5, 5.41) is 0. The topological polar surface area (TPSA) is 74.8 Å². The lowest BCUT2D eigenvalue weighted by Gasteiger charge is -2.04. The van der Waals surface area contributed by atoms with Crippen LogP contribution in [0, 0.1) is 0 Å². The molecule has 0 unspecified atom stereocenters. The Morgan fingerprint density at radius 3 is 0.962 bits per heavy atom. The van der Waals surface area contributed by atoms with Gasteiger partial charge in [0, 0.05) is 12.4 Å². The number of imide groups is 2. The number of carbonyl (C=O) groups excluding carboxylic acids is 4. The van der Waals surface area contributed by atoms with Crippen molar-refractivity contribution >= 4 is 23.6 Å². The molecule has 26 heavy (non-hydrogen) atoms. The van der Waals surface area contributed by atoms with Gasteiger partial charge >= 0.3 is 0 Å². The Kier molecular flexibility index (Phi) is 4.33. The average Bonchev–Trinajstić information content (AvgIpc) is 3.07. The minimum absolute atomic E-state index is 0.296. The molecule has 0 aliphatic carbocycles. The lowest BCUT2D eigenvalue weighted by Crippen LogP contribution is -2.22. The fraction of sp³-hybridized carbons (Fsp3) is 0. The second kappa shape index (κ2) is 6.60. The third kappa shape index (κ3) is 2.53. The molecule has 2 aromatic rings. The van der Waals surface area contributed by atoms with Crippen LogP contribution >= 0.6 is 0 Å². The van der Waals surface area contributed by atoms with Crippen molar-refractivity contribution in [2.45, 2.75) is 0 Å².